The molecular weight excluding hydrogens is 264 g/mol. The van der Waals surface area contributed by atoms with Crippen LogP contribution in [0, 0.1) is 5.92 Å². The molecule has 1 aliphatic heterocycles. The lowest BCUT2D eigenvalue weighted by Crippen LogP contribution is -2.48. The van der Waals surface area contributed by atoms with Crippen LogP contribution in [0.25, 0.3) is 0 Å². The molecule has 2 atom stereocenters. The number of benzene rings is 1. The first-order valence-electron chi connectivity index (χ1n) is 7.92. The maximum atomic E-state index is 11.9. The standard InChI is InChI=1S/C17H26N2O2/c1-3-13(2)16(14-7-5-4-6-8-14)19(17(20)21)15-9-11-18-12-10-15/h4-8,13,15-16,18H,3,9-12H2,1-2H3,(H,20,21). The van der Waals surface area contributed by atoms with Gasteiger partial charge >= 0.3 is 6.09 Å². The van der Waals surface area contributed by atoms with E-state index in [1.54, 1.807) is 4.90 Å². The second kappa shape index (κ2) is 7.46. The summed E-state index contributed by atoms with van der Waals surface area (Å²) in [6.45, 7) is 6.07. The average Bonchev–Trinajstić information content (AvgIpc) is 2.53. The molecule has 0 aromatic heterocycles. The lowest BCUT2D eigenvalue weighted by Gasteiger charge is -2.41. The summed E-state index contributed by atoms with van der Waals surface area (Å²) in [6, 6.07) is 10.1. The van der Waals surface area contributed by atoms with Gasteiger partial charge in [0.2, 0.25) is 0 Å². The van der Waals surface area contributed by atoms with E-state index in [-0.39, 0.29) is 12.1 Å². The highest BCUT2D eigenvalue weighted by atomic mass is 16.4. The molecule has 0 spiro atoms. The van der Waals surface area contributed by atoms with Gasteiger partial charge in [-0.2, -0.15) is 0 Å². The molecule has 1 aromatic rings. The van der Waals surface area contributed by atoms with Crippen LogP contribution in [-0.4, -0.2) is 35.2 Å². The minimum absolute atomic E-state index is 0.0585. The van der Waals surface area contributed by atoms with Crippen LogP contribution < -0.4 is 5.32 Å². The van der Waals surface area contributed by atoms with E-state index in [0.717, 1.165) is 37.9 Å². The van der Waals surface area contributed by atoms with Crippen LogP contribution in [0.4, 0.5) is 4.79 Å². The molecule has 1 saturated heterocycles. The Morgan fingerprint density at radius 3 is 2.48 bits per heavy atom. The van der Waals surface area contributed by atoms with Crippen LogP contribution in [0.1, 0.15) is 44.7 Å². The number of carboxylic acid groups (broad SMARTS) is 1. The molecule has 0 bridgehead atoms. The van der Waals surface area contributed by atoms with Crippen molar-refractivity contribution in [2.24, 2.45) is 5.92 Å². The predicted molar refractivity (Wildman–Crippen MR) is 84.4 cm³/mol. The van der Waals surface area contributed by atoms with Gasteiger partial charge in [-0.3, -0.25) is 4.90 Å². The van der Waals surface area contributed by atoms with Crippen molar-refractivity contribution in [3.8, 4) is 0 Å². The first-order valence-corrected chi connectivity index (χ1v) is 7.92. The molecule has 2 rings (SSSR count). The maximum absolute atomic E-state index is 11.9. The van der Waals surface area contributed by atoms with Crippen molar-refractivity contribution in [2.45, 2.75) is 45.2 Å². The average molecular weight is 290 g/mol. The molecule has 1 aromatic carbocycles. The SMILES string of the molecule is CCC(C)C(c1ccccc1)N(C(=O)O)C1CCNCC1. The molecule has 0 aliphatic carbocycles. The zero-order chi connectivity index (χ0) is 15.2. The van der Waals surface area contributed by atoms with Gasteiger partial charge in [-0.05, 0) is 37.4 Å². The van der Waals surface area contributed by atoms with Gasteiger partial charge in [0.1, 0.15) is 0 Å². The second-order valence-electron chi connectivity index (χ2n) is 5.91. The molecular formula is C17H26N2O2. The Hall–Kier alpha value is -1.55. The molecule has 1 aliphatic rings. The summed E-state index contributed by atoms with van der Waals surface area (Å²) in [6.07, 6.45) is 1.96. The van der Waals surface area contributed by atoms with E-state index in [0.29, 0.717) is 5.92 Å². The van der Waals surface area contributed by atoms with Gasteiger partial charge < -0.3 is 10.4 Å². The Balaban J connectivity index is 2.33. The molecule has 1 heterocycles. The number of hydrogen-bond acceptors (Lipinski definition) is 2. The third-order valence-electron chi connectivity index (χ3n) is 4.55. The van der Waals surface area contributed by atoms with E-state index < -0.39 is 6.09 Å². The van der Waals surface area contributed by atoms with Crippen molar-refractivity contribution in [3.05, 3.63) is 35.9 Å². The highest BCUT2D eigenvalue weighted by molar-refractivity contribution is 5.66. The summed E-state index contributed by atoms with van der Waals surface area (Å²) in [5.74, 6) is 0.304. The van der Waals surface area contributed by atoms with Crippen LogP contribution >= 0.6 is 0 Å². The number of rotatable bonds is 5. The zero-order valence-electron chi connectivity index (χ0n) is 13.0. The van der Waals surface area contributed by atoms with E-state index >= 15 is 0 Å². The predicted octanol–water partition coefficient (Wildman–Crippen LogP) is 3.51. The van der Waals surface area contributed by atoms with E-state index in [4.69, 9.17) is 0 Å². The number of nitrogens with zero attached hydrogens (tertiary/aromatic N) is 1. The Labute approximate surface area is 127 Å². The van der Waals surface area contributed by atoms with Gasteiger partial charge in [0.15, 0.2) is 0 Å². The lowest BCUT2D eigenvalue weighted by atomic mass is 9.89. The van der Waals surface area contributed by atoms with Gasteiger partial charge in [-0.1, -0.05) is 50.6 Å². The normalized spacial score (nSPS) is 19.0. The highest BCUT2D eigenvalue weighted by Gasteiger charge is 2.34. The fourth-order valence-electron chi connectivity index (χ4n) is 3.22. The van der Waals surface area contributed by atoms with E-state index in [1.807, 2.05) is 30.3 Å². The van der Waals surface area contributed by atoms with Gasteiger partial charge in [0.05, 0.1) is 6.04 Å². The maximum Gasteiger partial charge on any atom is 0.408 e. The molecule has 1 fully saturated rings. The van der Waals surface area contributed by atoms with Gasteiger partial charge in [0, 0.05) is 6.04 Å². The van der Waals surface area contributed by atoms with Crippen LogP contribution in [0.15, 0.2) is 30.3 Å². The third-order valence-corrected chi connectivity index (χ3v) is 4.55. The second-order valence-corrected chi connectivity index (χ2v) is 5.91. The molecule has 21 heavy (non-hydrogen) atoms. The monoisotopic (exact) mass is 290 g/mol. The summed E-state index contributed by atoms with van der Waals surface area (Å²) in [5.41, 5.74) is 1.10. The Morgan fingerprint density at radius 1 is 1.33 bits per heavy atom. The number of piperidine rings is 1. The third kappa shape index (κ3) is 3.76. The molecule has 116 valence electrons. The number of carbonyl (C=O) groups is 1. The molecule has 2 N–H and O–H groups in total. The summed E-state index contributed by atoms with van der Waals surface area (Å²) in [5, 5.41) is 13.1. The molecule has 2 unspecified atom stereocenters. The van der Waals surface area contributed by atoms with Gasteiger partial charge in [0.25, 0.3) is 0 Å². The molecule has 1 amide bonds. The number of nitrogens with one attached hydrogen (secondary N) is 1. The topological polar surface area (TPSA) is 52.6 Å². The summed E-state index contributed by atoms with van der Waals surface area (Å²) in [7, 11) is 0. The van der Waals surface area contributed by atoms with Crippen LogP contribution in [0.3, 0.4) is 0 Å². The highest BCUT2D eigenvalue weighted by Crippen LogP contribution is 2.34. The van der Waals surface area contributed by atoms with E-state index in [1.165, 1.54) is 0 Å². The fraction of sp³-hybridized carbons (Fsp3) is 0.588. The van der Waals surface area contributed by atoms with Gasteiger partial charge in [-0.25, -0.2) is 4.79 Å². The molecule has 4 heteroatoms. The minimum Gasteiger partial charge on any atom is -0.465 e. The first-order chi connectivity index (χ1) is 10.1. The van der Waals surface area contributed by atoms with E-state index in [9.17, 15) is 9.90 Å². The van der Waals surface area contributed by atoms with Crippen molar-refractivity contribution in [1.82, 2.24) is 10.2 Å². The molecule has 0 radical (unpaired) electrons. The first kappa shape index (κ1) is 15.8. The largest absolute Gasteiger partial charge is 0.465 e. The summed E-state index contributed by atoms with van der Waals surface area (Å²) < 4.78 is 0. The van der Waals surface area contributed by atoms with Crippen molar-refractivity contribution in [2.75, 3.05) is 13.1 Å². The smallest absolute Gasteiger partial charge is 0.408 e. The molecule has 4 nitrogen and oxygen atoms in total. The fourth-order valence-corrected chi connectivity index (χ4v) is 3.22. The Kier molecular flexibility index (Phi) is 5.62. The van der Waals surface area contributed by atoms with Crippen molar-refractivity contribution in [3.63, 3.8) is 0 Å². The Morgan fingerprint density at radius 2 is 1.95 bits per heavy atom. The Bertz CT molecular complexity index is 443. The van der Waals surface area contributed by atoms with Crippen molar-refractivity contribution >= 4 is 6.09 Å². The summed E-state index contributed by atoms with van der Waals surface area (Å²) >= 11 is 0. The van der Waals surface area contributed by atoms with Gasteiger partial charge in [-0.15, -0.1) is 0 Å². The summed E-state index contributed by atoms with van der Waals surface area (Å²) in [4.78, 5) is 13.7. The van der Waals surface area contributed by atoms with Crippen LogP contribution in [0.2, 0.25) is 0 Å². The zero-order valence-corrected chi connectivity index (χ0v) is 13.0. The van der Waals surface area contributed by atoms with Crippen molar-refractivity contribution in [1.29, 1.82) is 0 Å². The molecule has 0 saturated carbocycles. The van der Waals surface area contributed by atoms with Crippen LogP contribution in [-0.2, 0) is 0 Å². The number of hydrogen-bond donors (Lipinski definition) is 2. The van der Waals surface area contributed by atoms with E-state index in [2.05, 4.69) is 19.2 Å². The lowest BCUT2D eigenvalue weighted by molar-refractivity contribution is 0.0664. The number of amides is 1. The minimum atomic E-state index is -0.795. The van der Waals surface area contributed by atoms with Crippen molar-refractivity contribution < 1.29 is 9.90 Å². The van der Waals surface area contributed by atoms with Crippen LogP contribution in [0.5, 0.6) is 0 Å². The quantitative estimate of drug-likeness (QED) is 0.872.